The van der Waals surface area contributed by atoms with E-state index in [1.165, 1.54) is 34.5 Å². The summed E-state index contributed by atoms with van der Waals surface area (Å²) in [5.41, 5.74) is 1.16. The average molecular weight is 416 g/mol. The van der Waals surface area contributed by atoms with Gasteiger partial charge in [0.05, 0.1) is 17.8 Å². The predicted molar refractivity (Wildman–Crippen MR) is 115 cm³/mol. The van der Waals surface area contributed by atoms with Crippen LogP contribution in [0.5, 0.6) is 0 Å². The topological polar surface area (TPSA) is 83.3 Å². The molecule has 2 aromatic rings. The molecule has 156 valence electrons. The van der Waals surface area contributed by atoms with Crippen LogP contribution < -0.4 is 15.8 Å². The monoisotopic (exact) mass is 415 g/mol. The smallest absolute Gasteiger partial charge is 0.267 e. The number of hydrogen-bond acceptors (Lipinski definition) is 7. The minimum atomic E-state index is -0.471. The standard InChI is InChI=1S/C21H29N5O2S/c27-17-8-4-7-16(17)26-20(28)11-10-19(24-26)25-12-2-1-5-14(25)13-22-21-23-15-6-3-9-18(15)29-21/h10-11,14,16-17,27H,1-9,12-13H2,(H,22,23). The first-order valence-corrected chi connectivity index (χ1v) is 11.8. The molecule has 0 amide bonds. The zero-order valence-electron chi connectivity index (χ0n) is 16.7. The van der Waals surface area contributed by atoms with Crippen LogP contribution in [0.25, 0.3) is 0 Å². The highest BCUT2D eigenvalue weighted by atomic mass is 32.1. The Morgan fingerprint density at radius 2 is 2.07 bits per heavy atom. The molecule has 3 atom stereocenters. The highest BCUT2D eigenvalue weighted by Crippen LogP contribution is 2.32. The van der Waals surface area contributed by atoms with Crippen molar-refractivity contribution in [1.29, 1.82) is 0 Å². The van der Waals surface area contributed by atoms with Gasteiger partial charge in [0.1, 0.15) is 5.82 Å². The van der Waals surface area contributed by atoms with E-state index in [0.29, 0.717) is 6.04 Å². The maximum absolute atomic E-state index is 12.4. The predicted octanol–water partition coefficient (Wildman–Crippen LogP) is 2.75. The van der Waals surface area contributed by atoms with Crippen LogP contribution in [-0.4, -0.2) is 45.1 Å². The number of aromatic nitrogens is 3. The lowest BCUT2D eigenvalue weighted by Crippen LogP contribution is -2.45. The van der Waals surface area contributed by atoms with Crippen LogP contribution in [0, 0.1) is 0 Å². The van der Waals surface area contributed by atoms with Crippen molar-refractivity contribution in [2.45, 2.75) is 76.0 Å². The summed E-state index contributed by atoms with van der Waals surface area (Å²) in [6.07, 6.45) is 9.00. The van der Waals surface area contributed by atoms with Crippen molar-refractivity contribution >= 4 is 22.3 Å². The first kappa shape index (κ1) is 19.1. The van der Waals surface area contributed by atoms with Gasteiger partial charge in [-0.3, -0.25) is 4.79 Å². The number of thiazole rings is 1. The van der Waals surface area contributed by atoms with Gasteiger partial charge in [-0.15, -0.1) is 11.3 Å². The number of piperidine rings is 1. The number of fused-ring (bicyclic) bond motifs is 1. The maximum atomic E-state index is 12.4. The SMILES string of the molecule is O=c1ccc(N2CCCCC2CNc2nc3c(s2)CCC3)nn1C1CCCC1O. The molecule has 0 aromatic carbocycles. The van der Waals surface area contributed by atoms with Crippen LogP contribution in [0.3, 0.4) is 0 Å². The van der Waals surface area contributed by atoms with E-state index in [0.717, 1.165) is 62.6 Å². The fourth-order valence-corrected chi connectivity index (χ4v) is 6.05. The van der Waals surface area contributed by atoms with Gasteiger partial charge in [0, 0.05) is 30.1 Å². The van der Waals surface area contributed by atoms with Gasteiger partial charge in [-0.05, 0) is 63.9 Å². The Kier molecular flexibility index (Phi) is 5.30. The molecule has 3 aliphatic rings. The van der Waals surface area contributed by atoms with E-state index in [2.05, 4.69) is 10.2 Å². The molecule has 3 heterocycles. The van der Waals surface area contributed by atoms with Crippen molar-refractivity contribution in [3.8, 4) is 0 Å². The first-order valence-electron chi connectivity index (χ1n) is 11.0. The number of nitrogens with zero attached hydrogens (tertiary/aromatic N) is 4. The molecule has 2 aromatic heterocycles. The molecule has 1 aliphatic heterocycles. The Morgan fingerprint density at radius 1 is 1.14 bits per heavy atom. The summed E-state index contributed by atoms with van der Waals surface area (Å²) < 4.78 is 1.53. The van der Waals surface area contributed by atoms with Gasteiger partial charge in [-0.1, -0.05) is 0 Å². The third-order valence-corrected chi connectivity index (χ3v) is 7.69. The van der Waals surface area contributed by atoms with Crippen LogP contribution in [0.4, 0.5) is 10.9 Å². The summed E-state index contributed by atoms with van der Waals surface area (Å²) in [5, 5.41) is 19.5. The van der Waals surface area contributed by atoms with Crippen molar-refractivity contribution in [2.24, 2.45) is 0 Å². The van der Waals surface area contributed by atoms with Crippen LogP contribution >= 0.6 is 11.3 Å². The van der Waals surface area contributed by atoms with E-state index in [-0.39, 0.29) is 11.6 Å². The van der Waals surface area contributed by atoms with Gasteiger partial charge in [-0.2, -0.15) is 5.10 Å². The zero-order valence-corrected chi connectivity index (χ0v) is 17.5. The Bertz CT molecular complexity index is 905. The van der Waals surface area contributed by atoms with Crippen LogP contribution in [0.1, 0.15) is 61.6 Å². The molecule has 2 aliphatic carbocycles. The molecule has 1 saturated carbocycles. The van der Waals surface area contributed by atoms with Crippen molar-refractivity contribution in [2.75, 3.05) is 23.3 Å². The quantitative estimate of drug-likeness (QED) is 0.781. The lowest BCUT2D eigenvalue weighted by Gasteiger charge is -2.37. The molecule has 0 radical (unpaired) electrons. The molecule has 3 unspecified atom stereocenters. The second-order valence-corrected chi connectivity index (χ2v) is 9.59. The second-order valence-electron chi connectivity index (χ2n) is 8.51. The summed E-state index contributed by atoms with van der Waals surface area (Å²) in [6, 6.07) is 3.59. The number of anilines is 2. The fraction of sp³-hybridized carbons (Fsp3) is 0.667. The molecule has 5 rings (SSSR count). The average Bonchev–Trinajstić information content (AvgIpc) is 3.43. The van der Waals surface area contributed by atoms with Crippen LogP contribution in [0.2, 0.25) is 0 Å². The number of aliphatic hydroxyl groups excluding tert-OH is 1. The number of aryl methyl sites for hydroxylation is 2. The molecule has 8 heteroatoms. The molecule has 2 fully saturated rings. The molecule has 2 N–H and O–H groups in total. The highest BCUT2D eigenvalue weighted by Gasteiger charge is 2.30. The Hall–Kier alpha value is -1.93. The number of hydrogen-bond donors (Lipinski definition) is 2. The zero-order chi connectivity index (χ0) is 19.8. The van der Waals surface area contributed by atoms with Gasteiger partial charge in [0.25, 0.3) is 5.56 Å². The van der Waals surface area contributed by atoms with Gasteiger partial charge in [0.15, 0.2) is 5.13 Å². The van der Waals surface area contributed by atoms with E-state index >= 15 is 0 Å². The largest absolute Gasteiger partial charge is 0.391 e. The molecule has 1 saturated heterocycles. The Morgan fingerprint density at radius 3 is 2.90 bits per heavy atom. The Balaban J connectivity index is 1.33. The van der Waals surface area contributed by atoms with Crippen molar-refractivity contribution in [3.05, 3.63) is 33.1 Å². The number of aliphatic hydroxyl groups is 1. The van der Waals surface area contributed by atoms with Crippen LogP contribution in [0.15, 0.2) is 16.9 Å². The van der Waals surface area contributed by atoms with E-state index in [1.807, 2.05) is 6.07 Å². The van der Waals surface area contributed by atoms with Gasteiger partial charge in [0.2, 0.25) is 0 Å². The summed E-state index contributed by atoms with van der Waals surface area (Å²) in [7, 11) is 0. The lowest BCUT2D eigenvalue weighted by atomic mass is 10.0. The van der Waals surface area contributed by atoms with Gasteiger partial charge >= 0.3 is 0 Å². The van der Waals surface area contributed by atoms with E-state index < -0.39 is 6.10 Å². The Labute approximate surface area is 174 Å². The summed E-state index contributed by atoms with van der Waals surface area (Å²) in [5.74, 6) is 0.844. The van der Waals surface area contributed by atoms with E-state index in [1.54, 1.807) is 17.4 Å². The number of rotatable bonds is 5. The van der Waals surface area contributed by atoms with E-state index in [4.69, 9.17) is 10.1 Å². The summed E-state index contributed by atoms with van der Waals surface area (Å²) in [4.78, 5) is 20.9. The van der Waals surface area contributed by atoms with Crippen molar-refractivity contribution < 1.29 is 5.11 Å². The molecular formula is C21H29N5O2S. The maximum Gasteiger partial charge on any atom is 0.267 e. The summed E-state index contributed by atoms with van der Waals surface area (Å²) in [6.45, 7) is 1.78. The van der Waals surface area contributed by atoms with Crippen molar-refractivity contribution in [3.63, 3.8) is 0 Å². The number of nitrogens with one attached hydrogen (secondary N) is 1. The third kappa shape index (κ3) is 3.80. The molecule has 7 nitrogen and oxygen atoms in total. The minimum Gasteiger partial charge on any atom is -0.391 e. The molecule has 0 bridgehead atoms. The van der Waals surface area contributed by atoms with E-state index in [9.17, 15) is 9.90 Å². The minimum absolute atomic E-state index is 0.122. The van der Waals surface area contributed by atoms with Crippen molar-refractivity contribution in [1.82, 2.24) is 14.8 Å². The molecule has 29 heavy (non-hydrogen) atoms. The second kappa shape index (κ2) is 8.07. The highest BCUT2D eigenvalue weighted by molar-refractivity contribution is 7.15. The first-order chi connectivity index (χ1) is 14.2. The molecular weight excluding hydrogens is 386 g/mol. The fourth-order valence-electron chi connectivity index (χ4n) is 5.00. The summed E-state index contributed by atoms with van der Waals surface area (Å²) >= 11 is 1.80. The molecule has 0 spiro atoms. The normalized spacial score (nSPS) is 26.7. The van der Waals surface area contributed by atoms with Gasteiger partial charge < -0.3 is 15.3 Å². The lowest BCUT2D eigenvalue weighted by molar-refractivity contribution is 0.127. The van der Waals surface area contributed by atoms with Gasteiger partial charge in [-0.25, -0.2) is 9.67 Å². The van der Waals surface area contributed by atoms with Crippen LogP contribution in [-0.2, 0) is 12.8 Å². The third-order valence-electron chi connectivity index (χ3n) is 6.58.